The van der Waals surface area contributed by atoms with Crippen LogP contribution in [-0.2, 0) is 6.54 Å². The van der Waals surface area contributed by atoms with Crippen molar-refractivity contribution in [3.8, 4) is 0 Å². The van der Waals surface area contributed by atoms with E-state index in [1.807, 2.05) is 0 Å². The van der Waals surface area contributed by atoms with Gasteiger partial charge in [-0.3, -0.25) is 0 Å². The molecule has 0 radical (unpaired) electrons. The minimum atomic E-state index is 0.610. The fourth-order valence-corrected chi connectivity index (χ4v) is 3.17. The molecule has 1 atom stereocenters. The SMILES string of the molecule is CCCC1CCN(c2cc(Br)cc(CN)c2)C1. The van der Waals surface area contributed by atoms with Crippen molar-refractivity contribution in [2.45, 2.75) is 32.7 Å². The molecule has 0 aromatic heterocycles. The second-order valence-electron chi connectivity index (χ2n) is 4.91. The van der Waals surface area contributed by atoms with Crippen molar-refractivity contribution < 1.29 is 0 Å². The van der Waals surface area contributed by atoms with Crippen LogP contribution in [0.1, 0.15) is 31.7 Å². The van der Waals surface area contributed by atoms with Gasteiger partial charge in [0, 0.05) is 29.8 Å². The van der Waals surface area contributed by atoms with Crippen molar-refractivity contribution in [3.05, 3.63) is 28.2 Å². The molecule has 1 unspecified atom stereocenters. The number of rotatable bonds is 4. The fraction of sp³-hybridized carbons (Fsp3) is 0.571. The summed E-state index contributed by atoms with van der Waals surface area (Å²) in [4.78, 5) is 2.49. The summed E-state index contributed by atoms with van der Waals surface area (Å²) in [5, 5.41) is 0. The highest BCUT2D eigenvalue weighted by atomic mass is 79.9. The Balaban J connectivity index is 2.10. The Morgan fingerprint density at radius 3 is 2.94 bits per heavy atom. The summed E-state index contributed by atoms with van der Waals surface area (Å²) in [5.74, 6) is 0.875. The maximum atomic E-state index is 5.72. The van der Waals surface area contributed by atoms with Gasteiger partial charge in [0.05, 0.1) is 0 Å². The Morgan fingerprint density at radius 2 is 2.24 bits per heavy atom. The summed E-state index contributed by atoms with van der Waals surface area (Å²) in [5.41, 5.74) is 8.24. The summed E-state index contributed by atoms with van der Waals surface area (Å²) in [6.45, 7) is 5.27. The fourth-order valence-electron chi connectivity index (χ4n) is 2.64. The molecule has 1 aromatic carbocycles. The number of hydrogen-bond donors (Lipinski definition) is 1. The number of benzene rings is 1. The van der Waals surface area contributed by atoms with Crippen LogP contribution in [0.2, 0.25) is 0 Å². The van der Waals surface area contributed by atoms with E-state index in [9.17, 15) is 0 Å². The van der Waals surface area contributed by atoms with Crippen molar-refractivity contribution in [1.29, 1.82) is 0 Å². The van der Waals surface area contributed by atoms with Gasteiger partial charge in [0.25, 0.3) is 0 Å². The maximum absolute atomic E-state index is 5.72. The van der Waals surface area contributed by atoms with Gasteiger partial charge in [0.15, 0.2) is 0 Å². The van der Waals surface area contributed by atoms with Gasteiger partial charge in [0.2, 0.25) is 0 Å². The second kappa shape index (κ2) is 5.87. The molecule has 0 amide bonds. The van der Waals surface area contributed by atoms with Gasteiger partial charge < -0.3 is 10.6 Å². The van der Waals surface area contributed by atoms with Gasteiger partial charge in [-0.2, -0.15) is 0 Å². The molecule has 3 heteroatoms. The molecular weight excluding hydrogens is 276 g/mol. The predicted octanol–water partition coefficient (Wildman–Crippen LogP) is 3.53. The highest BCUT2D eigenvalue weighted by molar-refractivity contribution is 9.10. The van der Waals surface area contributed by atoms with Crippen LogP contribution in [0, 0.1) is 5.92 Å². The number of halogens is 1. The lowest BCUT2D eigenvalue weighted by Gasteiger charge is -2.20. The average molecular weight is 297 g/mol. The monoisotopic (exact) mass is 296 g/mol. The van der Waals surface area contributed by atoms with E-state index in [-0.39, 0.29) is 0 Å². The molecule has 2 nitrogen and oxygen atoms in total. The summed E-state index contributed by atoms with van der Waals surface area (Å²) < 4.78 is 1.13. The molecule has 1 saturated heterocycles. The Kier molecular flexibility index (Phi) is 4.46. The average Bonchev–Trinajstić information content (AvgIpc) is 2.77. The van der Waals surface area contributed by atoms with E-state index in [4.69, 9.17) is 5.73 Å². The topological polar surface area (TPSA) is 29.3 Å². The minimum Gasteiger partial charge on any atom is -0.371 e. The molecule has 1 fully saturated rings. The molecular formula is C14H21BrN2. The van der Waals surface area contributed by atoms with Gasteiger partial charge >= 0.3 is 0 Å². The molecule has 94 valence electrons. The Bertz CT molecular complexity index is 378. The van der Waals surface area contributed by atoms with Gasteiger partial charge in [-0.05, 0) is 42.5 Å². The van der Waals surface area contributed by atoms with Crippen LogP contribution < -0.4 is 10.6 Å². The Labute approximate surface area is 112 Å². The van der Waals surface area contributed by atoms with E-state index in [2.05, 4.69) is 46.0 Å². The van der Waals surface area contributed by atoms with E-state index in [0.29, 0.717) is 6.54 Å². The van der Waals surface area contributed by atoms with Gasteiger partial charge in [0.1, 0.15) is 0 Å². The first-order chi connectivity index (χ1) is 8.22. The second-order valence-corrected chi connectivity index (χ2v) is 5.83. The van der Waals surface area contributed by atoms with E-state index >= 15 is 0 Å². The van der Waals surface area contributed by atoms with Crippen LogP contribution in [0.4, 0.5) is 5.69 Å². The quantitative estimate of drug-likeness (QED) is 0.921. The largest absolute Gasteiger partial charge is 0.371 e. The molecule has 2 rings (SSSR count). The third kappa shape index (κ3) is 3.23. The first-order valence-electron chi connectivity index (χ1n) is 6.47. The number of nitrogens with zero attached hydrogens (tertiary/aromatic N) is 1. The predicted molar refractivity (Wildman–Crippen MR) is 77.3 cm³/mol. The van der Waals surface area contributed by atoms with Crippen LogP contribution in [0.15, 0.2) is 22.7 Å². The molecule has 1 aromatic rings. The smallest absolute Gasteiger partial charge is 0.0380 e. The first kappa shape index (κ1) is 12.9. The zero-order valence-electron chi connectivity index (χ0n) is 10.5. The standard InChI is InChI=1S/C14H21BrN2/c1-2-3-11-4-5-17(10-11)14-7-12(9-16)6-13(15)8-14/h6-8,11H,2-5,9-10,16H2,1H3. The normalized spacial score (nSPS) is 19.9. The van der Waals surface area contributed by atoms with Crippen molar-refractivity contribution in [3.63, 3.8) is 0 Å². The highest BCUT2D eigenvalue weighted by Gasteiger charge is 2.22. The zero-order valence-corrected chi connectivity index (χ0v) is 12.0. The highest BCUT2D eigenvalue weighted by Crippen LogP contribution is 2.29. The Morgan fingerprint density at radius 1 is 1.41 bits per heavy atom. The molecule has 1 aliphatic heterocycles. The molecule has 0 saturated carbocycles. The molecule has 0 bridgehead atoms. The maximum Gasteiger partial charge on any atom is 0.0380 e. The van der Waals surface area contributed by atoms with E-state index < -0.39 is 0 Å². The van der Waals surface area contributed by atoms with Crippen molar-refractivity contribution in [1.82, 2.24) is 0 Å². The third-order valence-electron chi connectivity index (χ3n) is 3.53. The van der Waals surface area contributed by atoms with Gasteiger partial charge in [-0.25, -0.2) is 0 Å². The lowest BCUT2D eigenvalue weighted by Crippen LogP contribution is -2.19. The van der Waals surface area contributed by atoms with Crippen LogP contribution in [0.3, 0.4) is 0 Å². The molecule has 2 N–H and O–H groups in total. The van der Waals surface area contributed by atoms with Crippen molar-refractivity contribution >= 4 is 21.6 Å². The zero-order chi connectivity index (χ0) is 12.3. The van der Waals surface area contributed by atoms with Crippen LogP contribution in [0.25, 0.3) is 0 Å². The van der Waals surface area contributed by atoms with E-state index in [0.717, 1.165) is 10.4 Å². The summed E-state index contributed by atoms with van der Waals surface area (Å²) in [7, 11) is 0. The van der Waals surface area contributed by atoms with Crippen LogP contribution in [0.5, 0.6) is 0 Å². The van der Waals surface area contributed by atoms with Crippen LogP contribution in [-0.4, -0.2) is 13.1 Å². The first-order valence-corrected chi connectivity index (χ1v) is 7.26. The lowest BCUT2D eigenvalue weighted by atomic mass is 10.0. The van der Waals surface area contributed by atoms with Crippen molar-refractivity contribution in [2.75, 3.05) is 18.0 Å². The molecule has 0 spiro atoms. The van der Waals surface area contributed by atoms with Gasteiger partial charge in [-0.15, -0.1) is 0 Å². The molecule has 17 heavy (non-hydrogen) atoms. The van der Waals surface area contributed by atoms with Crippen molar-refractivity contribution in [2.24, 2.45) is 11.7 Å². The van der Waals surface area contributed by atoms with E-state index in [1.165, 1.54) is 43.6 Å². The van der Waals surface area contributed by atoms with Crippen LogP contribution >= 0.6 is 15.9 Å². The number of nitrogens with two attached hydrogens (primary N) is 1. The number of hydrogen-bond acceptors (Lipinski definition) is 2. The summed E-state index contributed by atoms with van der Waals surface area (Å²) in [6.07, 6.45) is 3.98. The van der Waals surface area contributed by atoms with E-state index in [1.54, 1.807) is 0 Å². The van der Waals surface area contributed by atoms with Gasteiger partial charge in [-0.1, -0.05) is 29.3 Å². The molecule has 1 heterocycles. The molecule has 1 aliphatic rings. The summed E-state index contributed by atoms with van der Waals surface area (Å²) in [6, 6.07) is 6.52. The lowest BCUT2D eigenvalue weighted by molar-refractivity contribution is 0.530. The third-order valence-corrected chi connectivity index (χ3v) is 3.98. The summed E-state index contributed by atoms with van der Waals surface area (Å²) >= 11 is 3.56. The molecule has 0 aliphatic carbocycles. The number of anilines is 1. The minimum absolute atomic E-state index is 0.610. The Hall–Kier alpha value is -0.540.